The molecule has 3 aromatic carbocycles. The maximum absolute atomic E-state index is 14.4. The summed E-state index contributed by atoms with van der Waals surface area (Å²) in [5, 5.41) is 0.101. The van der Waals surface area contributed by atoms with Gasteiger partial charge in [0.05, 0.1) is 11.6 Å². The van der Waals surface area contributed by atoms with Crippen molar-refractivity contribution in [2.45, 2.75) is 45.5 Å². The molecule has 2 aliphatic heterocycles. The van der Waals surface area contributed by atoms with E-state index in [1.807, 2.05) is 31.2 Å². The van der Waals surface area contributed by atoms with E-state index in [1.54, 1.807) is 6.07 Å². The average molecular weight is 465 g/mol. The fraction of sp³-hybridized carbons (Fsp3) is 0.286. The molecular weight excluding hydrogens is 439 g/mol. The van der Waals surface area contributed by atoms with Gasteiger partial charge in [0, 0.05) is 17.6 Å². The Morgan fingerprint density at radius 2 is 1.79 bits per heavy atom. The Labute approximate surface area is 198 Å². The van der Waals surface area contributed by atoms with E-state index in [2.05, 4.69) is 31.2 Å². The first-order chi connectivity index (χ1) is 16.0. The number of benzene rings is 3. The molecular formula is C28H26ClFO3. The van der Waals surface area contributed by atoms with Crippen LogP contribution < -0.4 is 9.47 Å². The summed E-state index contributed by atoms with van der Waals surface area (Å²) in [4.78, 5) is 0. The molecule has 0 aliphatic carbocycles. The van der Waals surface area contributed by atoms with Crippen LogP contribution in [0.15, 0.2) is 60.7 Å². The van der Waals surface area contributed by atoms with Gasteiger partial charge in [0.15, 0.2) is 6.29 Å². The molecule has 0 spiro atoms. The van der Waals surface area contributed by atoms with Gasteiger partial charge in [0.25, 0.3) is 0 Å². The molecule has 1 saturated heterocycles. The number of hydrogen-bond acceptors (Lipinski definition) is 3. The molecule has 170 valence electrons. The standard InChI is InChI=1S/C28H26ClFO3/c1-17-6-8-19(9-7-17)28-27(20-10-12-23(29)24(30)15-20)18(2)22-16-21(11-13-25(22)33-28)32-26-5-3-4-14-31-26/h6-13,15-16,26,28H,3-5,14H2,1-2H3. The molecule has 2 heterocycles. The van der Waals surface area contributed by atoms with Crippen LogP contribution in [0.1, 0.15) is 54.5 Å². The minimum Gasteiger partial charge on any atom is -0.480 e. The van der Waals surface area contributed by atoms with E-state index in [1.165, 1.54) is 11.6 Å². The minimum absolute atomic E-state index is 0.101. The quantitative estimate of drug-likeness (QED) is 0.395. The number of aryl methyl sites for hydroxylation is 1. The maximum atomic E-state index is 14.4. The maximum Gasteiger partial charge on any atom is 0.199 e. The highest BCUT2D eigenvalue weighted by Crippen LogP contribution is 2.47. The predicted molar refractivity (Wildman–Crippen MR) is 129 cm³/mol. The Kier molecular flexibility index (Phi) is 6.13. The van der Waals surface area contributed by atoms with Crippen molar-refractivity contribution in [3.05, 3.63) is 93.8 Å². The number of allylic oxidation sites excluding steroid dienone is 1. The number of halogens is 2. The van der Waals surface area contributed by atoms with Crippen LogP contribution in [0, 0.1) is 12.7 Å². The third-order valence-corrected chi connectivity index (χ3v) is 6.59. The van der Waals surface area contributed by atoms with Crippen LogP contribution in [-0.4, -0.2) is 12.9 Å². The number of rotatable bonds is 4. The van der Waals surface area contributed by atoms with Crippen LogP contribution in [0.25, 0.3) is 11.1 Å². The Bertz CT molecular complexity index is 1200. The molecule has 0 aromatic heterocycles. The summed E-state index contributed by atoms with van der Waals surface area (Å²) in [6.07, 6.45) is 2.46. The minimum atomic E-state index is -0.450. The van der Waals surface area contributed by atoms with Crippen molar-refractivity contribution >= 4 is 22.7 Å². The van der Waals surface area contributed by atoms with E-state index in [0.717, 1.165) is 65.2 Å². The number of fused-ring (bicyclic) bond motifs is 1. The van der Waals surface area contributed by atoms with E-state index < -0.39 is 5.82 Å². The molecule has 33 heavy (non-hydrogen) atoms. The Hall–Kier alpha value is -2.82. The van der Waals surface area contributed by atoms with Gasteiger partial charge in [-0.3, -0.25) is 0 Å². The lowest BCUT2D eigenvalue weighted by Gasteiger charge is -2.32. The zero-order valence-electron chi connectivity index (χ0n) is 18.7. The Balaban J connectivity index is 1.59. The van der Waals surface area contributed by atoms with Crippen LogP contribution in [0.3, 0.4) is 0 Å². The zero-order chi connectivity index (χ0) is 22.9. The topological polar surface area (TPSA) is 27.7 Å². The normalized spacial score (nSPS) is 20.2. The SMILES string of the molecule is CC1=C(c2ccc(Cl)c(F)c2)C(c2ccc(C)cc2)Oc2ccc(OC3CCCCO3)cc21. The molecule has 0 radical (unpaired) electrons. The van der Waals surface area contributed by atoms with Crippen molar-refractivity contribution in [1.29, 1.82) is 0 Å². The molecule has 3 aromatic rings. The fourth-order valence-corrected chi connectivity index (χ4v) is 4.59. The van der Waals surface area contributed by atoms with Crippen LogP contribution in [0.2, 0.25) is 5.02 Å². The monoisotopic (exact) mass is 464 g/mol. The van der Waals surface area contributed by atoms with E-state index in [0.29, 0.717) is 0 Å². The van der Waals surface area contributed by atoms with Crippen molar-refractivity contribution in [1.82, 2.24) is 0 Å². The van der Waals surface area contributed by atoms with Gasteiger partial charge < -0.3 is 14.2 Å². The Morgan fingerprint density at radius 3 is 2.52 bits per heavy atom. The molecule has 0 saturated carbocycles. The summed E-state index contributed by atoms with van der Waals surface area (Å²) < 4.78 is 32.8. The zero-order valence-corrected chi connectivity index (χ0v) is 19.5. The van der Waals surface area contributed by atoms with E-state index in [4.69, 9.17) is 25.8 Å². The second-order valence-electron chi connectivity index (χ2n) is 8.65. The number of hydrogen-bond donors (Lipinski definition) is 0. The van der Waals surface area contributed by atoms with Crippen molar-refractivity contribution < 1.29 is 18.6 Å². The molecule has 5 heteroatoms. The highest BCUT2D eigenvalue weighted by atomic mass is 35.5. The van der Waals surface area contributed by atoms with Gasteiger partial charge in [-0.25, -0.2) is 4.39 Å². The smallest absolute Gasteiger partial charge is 0.199 e. The molecule has 0 N–H and O–H groups in total. The molecule has 2 unspecified atom stereocenters. The van der Waals surface area contributed by atoms with E-state index >= 15 is 0 Å². The van der Waals surface area contributed by atoms with Gasteiger partial charge >= 0.3 is 0 Å². The lowest BCUT2D eigenvalue weighted by Crippen LogP contribution is -2.25. The predicted octanol–water partition coefficient (Wildman–Crippen LogP) is 7.76. The van der Waals surface area contributed by atoms with Crippen molar-refractivity contribution in [3.8, 4) is 11.5 Å². The van der Waals surface area contributed by atoms with Crippen LogP contribution in [0.5, 0.6) is 11.5 Å². The second-order valence-corrected chi connectivity index (χ2v) is 9.06. The van der Waals surface area contributed by atoms with Crippen LogP contribution >= 0.6 is 11.6 Å². The van der Waals surface area contributed by atoms with E-state index in [9.17, 15) is 4.39 Å². The number of ether oxygens (including phenoxy) is 3. The van der Waals surface area contributed by atoms with Gasteiger partial charge in [-0.2, -0.15) is 0 Å². The summed E-state index contributed by atoms with van der Waals surface area (Å²) in [7, 11) is 0. The van der Waals surface area contributed by atoms with Crippen molar-refractivity contribution in [2.24, 2.45) is 0 Å². The molecule has 2 aliphatic rings. The molecule has 1 fully saturated rings. The molecule has 0 amide bonds. The summed E-state index contributed by atoms with van der Waals surface area (Å²) in [6.45, 7) is 4.82. The summed E-state index contributed by atoms with van der Waals surface area (Å²) in [5.74, 6) is 1.06. The first-order valence-electron chi connectivity index (χ1n) is 11.3. The highest BCUT2D eigenvalue weighted by Gasteiger charge is 2.30. The Morgan fingerprint density at radius 1 is 0.970 bits per heavy atom. The molecule has 5 rings (SSSR count). The van der Waals surface area contributed by atoms with Crippen molar-refractivity contribution in [2.75, 3.05) is 6.61 Å². The average Bonchev–Trinajstić information content (AvgIpc) is 2.82. The third-order valence-electron chi connectivity index (χ3n) is 6.28. The van der Waals surface area contributed by atoms with Crippen LogP contribution in [0.4, 0.5) is 4.39 Å². The first kappa shape index (κ1) is 22.0. The summed E-state index contributed by atoms with van der Waals surface area (Å²) >= 11 is 5.97. The van der Waals surface area contributed by atoms with Gasteiger partial charge in [-0.1, -0.05) is 47.5 Å². The van der Waals surface area contributed by atoms with Gasteiger partial charge in [0.1, 0.15) is 23.4 Å². The molecule has 0 bridgehead atoms. The first-order valence-corrected chi connectivity index (χ1v) is 11.7. The fourth-order valence-electron chi connectivity index (χ4n) is 4.47. The second kappa shape index (κ2) is 9.20. The van der Waals surface area contributed by atoms with E-state index in [-0.39, 0.29) is 17.4 Å². The lowest BCUT2D eigenvalue weighted by atomic mass is 9.86. The lowest BCUT2D eigenvalue weighted by molar-refractivity contribution is -0.105. The van der Waals surface area contributed by atoms with Gasteiger partial charge in [0.2, 0.25) is 0 Å². The van der Waals surface area contributed by atoms with Crippen LogP contribution in [-0.2, 0) is 4.74 Å². The van der Waals surface area contributed by atoms with Gasteiger partial charge in [-0.15, -0.1) is 0 Å². The summed E-state index contributed by atoms with van der Waals surface area (Å²) in [6, 6.07) is 19.0. The van der Waals surface area contributed by atoms with Crippen molar-refractivity contribution in [3.63, 3.8) is 0 Å². The summed E-state index contributed by atoms with van der Waals surface area (Å²) in [5.41, 5.74) is 5.77. The third kappa shape index (κ3) is 4.50. The van der Waals surface area contributed by atoms with Gasteiger partial charge in [-0.05, 0) is 73.7 Å². The molecule has 3 nitrogen and oxygen atoms in total. The largest absolute Gasteiger partial charge is 0.480 e. The molecule has 2 atom stereocenters. The highest BCUT2D eigenvalue weighted by molar-refractivity contribution is 6.30.